The van der Waals surface area contributed by atoms with E-state index in [4.69, 9.17) is 10.2 Å². The number of aliphatic hydroxyl groups is 1. The van der Waals surface area contributed by atoms with Crippen LogP contribution in [0.3, 0.4) is 0 Å². The summed E-state index contributed by atoms with van der Waals surface area (Å²) in [6.45, 7) is 2.94. The van der Waals surface area contributed by atoms with E-state index >= 15 is 0 Å². The SMILES string of the molecule is CC(C)(Cc1cccc(CO)c1O)C(=O)O. The molecule has 0 aliphatic rings. The van der Waals surface area contributed by atoms with Crippen molar-refractivity contribution in [3.8, 4) is 5.75 Å². The Morgan fingerprint density at radius 1 is 1.31 bits per heavy atom. The molecule has 0 saturated carbocycles. The molecule has 4 nitrogen and oxygen atoms in total. The second-order valence-corrected chi connectivity index (χ2v) is 4.45. The Morgan fingerprint density at radius 2 is 1.88 bits per heavy atom. The molecule has 0 unspecified atom stereocenters. The number of hydrogen-bond donors (Lipinski definition) is 3. The van der Waals surface area contributed by atoms with Crippen LogP contribution in [0.1, 0.15) is 25.0 Å². The first kappa shape index (κ1) is 12.5. The summed E-state index contributed by atoms with van der Waals surface area (Å²) in [5, 5.41) is 27.7. The maximum absolute atomic E-state index is 11.0. The maximum Gasteiger partial charge on any atom is 0.309 e. The summed E-state index contributed by atoms with van der Waals surface area (Å²) in [6, 6.07) is 4.96. The molecule has 0 aliphatic heterocycles. The number of carboxylic acid groups (broad SMARTS) is 1. The maximum atomic E-state index is 11.0. The van der Waals surface area contributed by atoms with E-state index < -0.39 is 11.4 Å². The minimum absolute atomic E-state index is 0.0145. The van der Waals surface area contributed by atoms with Crippen molar-refractivity contribution in [2.45, 2.75) is 26.9 Å². The number of carboxylic acids is 1. The van der Waals surface area contributed by atoms with Gasteiger partial charge in [-0.05, 0) is 25.8 Å². The largest absolute Gasteiger partial charge is 0.507 e. The molecule has 0 aliphatic carbocycles. The molecule has 0 atom stereocenters. The Bertz CT molecular complexity index is 396. The van der Waals surface area contributed by atoms with Gasteiger partial charge in [0.1, 0.15) is 5.75 Å². The van der Waals surface area contributed by atoms with Crippen molar-refractivity contribution in [3.05, 3.63) is 29.3 Å². The zero-order valence-corrected chi connectivity index (χ0v) is 9.40. The fraction of sp³-hybridized carbons (Fsp3) is 0.417. The van der Waals surface area contributed by atoms with Crippen molar-refractivity contribution in [1.82, 2.24) is 0 Å². The molecule has 4 heteroatoms. The Labute approximate surface area is 94.2 Å². The van der Waals surface area contributed by atoms with Gasteiger partial charge < -0.3 is 15.3 Å². The van der Waals surface area contributed by atoms with Gasteiger partial charge in [0.05, 0.1) is 12.0 Å². The number of aromatic hydroxyl groups is 1. The number of hydrogen-bond acceptors (Lipinski definition) is 3. The van der Waals surface area contributed by atoms with Crippen LogP contribution in [-0.4, -0.2) is 21.3 Å². The topological polar surface area (TPSA) is 77.8 Å². The number of benzene rings is 1. The molecular weight excluding hydrogens is 208 g/mol. The van der Waals surface area contributed by atoms with E-state index in [-0.39, 0.29) is 18.8 Å². The number of aliphatic carboxylic acids is 1. The highest BCUT2D eigenvalue weighted by molar-refractivity contribution is 5.74. The monoisotopic (exact) mass is 224 g/mol. The van der Waals surface area contributed by atoms with E-state index in [1.165, 1.54) is 0 Å². The molecule has 1 rings (SSSR count). The van der Waals surface area contributed by atoms with Crippen molar-refractivity contribution in [2.24, 2.45) is 5.41 Å². The molecule has 0 amide bonds. The van der Waals surface area contributed by atoms with Crippen molar-refractivity contribution < 1.29 is 20.1 Å². The van der Waals surface area contributed by atoms with Crippen LogP contribution in [0.2, 0.25) is 0 Å². The number of rotatable bonds is 4. The van der Waals surface area contributed by atoms with E-state index in [1.54, 1.807) is 32.0 Å². The fourth-order valence-corrected chi connectivity index (χ4v) is 1.47. The van der Waals surface area contributed by atoms with E-state index in [1.807, 2.05) is 0 Å². The summed E-state index contributed by atoms with van der Waals surface area (Å²) < 4.78 is 0. The molecule has 0 fully saturated rings. The molecule has 16 heavy (non-hydrogen) atoms. The minimum Gasteiger partial charge on any atom is -0.507 e. The molecule has 88 valence electrons. The Balaban J connectivity index is 3.02. The van der Waals surface area contributed by atoms with Gasteiger partial charge in [-0.15, -0.1) is 0 Å². The standard InChI is InChI=1S/C12H16O4/c1-12(2,11(15)16)6-8-4-3-5-9(7-13)10(8)14/h3-5,13-14H,6-7H2,1-2H3,(H,15,16). The fourth-order valence-electron chi connectivity index (χ4n) is 1.47. The highest BCUT2D eigenvalue weighted by Crippen LogP contribution is 2.29. The van der Waals surface area contributed by atoms with Gasteiger partial charge in [0.25, 0.3) is 0 Å². The van der Waals surface area contributed by atoms with E-state index in [2.05, 4.69) is 0 Å². The third kappa shape index (κ3) is 2.52. The van der Waals surface area contributed by atoms with Crippen LogP contribution in [0.5, 0.6) is 5.75 Å². The van der Waals surface area contributed by atoms with Gasteiger partial charge >= 0.3 is 5.97 Å². The Morgan fingerprint density at radius 3 is 2.38 bits per heavy atom. The second kappa shape index (κ2) is 4.53. The summed E-state index contributed by atoms with van der Waals surface area (Å²) in [6.07, 6.45) is 0.224. The van der Waals surface area contributed by atoms with Gasteiger partial charge in [-0.25, -0.2) is 0 Å². The molecule has 0 aromatic heterocycles. The minimum atomic E-state index is -0.939. The molecule has 1 aromatic carbocycles. The van der Waals surface area contributed by atoms with Crippen LogP contribution < -0.4 is 0 Å². The lowest BCUT2D eigenvalue weighted by Gasteiger charge is -2.20. The van der Waals surface area contributed by atoms with Crippen LogP contribution in [0, 0.1) is 5.41 Å². The van der Waals surface area contributed by atoms with E-state index in [0.29, 0.717) is 11.1 Å². The third-order valence-corrected chi connectivity index (χ3v) is 2.58. The van der Waals surface area contributed by atoms with Crippen LogP contribution in [-0.2, 0) is 17.8 Å². The highest BCUT2D eigenvalue weighted by Gasteiger charge is 2.28. The summed E-state index contributed by atoms with van der Waals surface area (Å²) in [7, 11) is 0. The van der Waals surface area contributed by atoms with Crippen molar-refractivity contribution in [3.63, 3.8) is 0 Å². The Kier molecular flexibility index (Phi) is 3.55. The van der Waals surface area contributed by atoms with Crippen LogP contribution in [0.25, 0.3) is 0 Å². The van der Waals surface area contributed by atoms with Crippen molar-refractivity contribution in [2.75, 3.05) is 0 Å². The highest BCUT2D eigenvalue weighted by atomic mass is 16.4. The lowest BCUT2D eigenvalue weighted by molar-refractivity contribution is -0.146. The van der Waals surface area contributed by atoms with E-state index in [0.717, 1.165) is 0 Å². The second-order valence-electron chi connectivity index (χ2n) is 4.45. The van der Waals surface area contributed by atoms with Crippen LogP contribution in [0.4, 0.5) is 0 Å². The summed E-state index contributed by atoms with van der Waals surface area (Å²) in [5.41, 5.74) is 0.0172. The average molecular weight is 224 g/mol. The number of carbonyl (C=O) groups is 1. The lowest BCUT2D eigenvalue weighted by Crippen LogP contribution is -2.26. The third-order valence-electron chi connectivity index (χ3n) is 2.58. The summed E-state index contributed by atoms with van der Waals surface area (Å²) in [5.74, 6) is -0.930. The predicted molar refractivity (Wildman–Crippen MR) is 59.2 cm³/mol. The van der Waals surface area contributed by atoms with E-state index in [9.17, 15) is 9.90 Å². The van der Waals surface area contributed by atoms with Gasteiger partial charge in [0, 0.05) is 5.56 Å². The quantitative estimate of drug-likeness (QED) is 0.725. The van der Waals surface area contributed by atoms with Gasteiger partial charge in [-0.1, -0.05) is 18.2 Å². The van der Waals surface area contributed by atoms with Gasteiger partial charge in [-0.3, -0.25) is 4.79 Å². The molecule has 0 saturated heterocycles. The van der Waals surface area contributed by atoms with Crippen molar-refractivity contribution in [1.29, 1.82) is 0 Å². The number of phenols is 1. The summed E-state index contributed by atoms with van der Waals surface area (Å²) >= 11 is 0. The molecule has 0 heterocycles. The average Bonchev–Trinajstić information content (AvgIpc) is 2.20. The zero-order chi connectivity index (χ0) is 12.3. The van der Waals surface area contributed by atoms with Gasteiger partial charge in [-0.2, -0.15) is 0 Å². The molecule has 0 spiro atoms. The normalized spacial score (nSPS) is 11.4. The first-order chi connectivity index (χ1) is 7.38. The zero-order valence-electron chi connectivity index (χ0n) is 9.40. The van der Waals surface area contributed by atoms with Crippen LogP contribution in [0.15, 0.2) is 18.2 Å². The molecule has 0 bridgehead atoms. The molecule has 0 radical (unpaired) electrons. The lowest BCUT2D eigenvalue weighted by atomic mass is 9.85. The van der Waals surface area contributed by atoms with Gasteiger partial charge in [0.2, 0.25) is 0 Å². The molecular formula is C12H16O4. The smallest absolute Gasteiger partial charge is 0.309 e. The first-order valence-corrected chi connectivity index (χ1v) is 5.02. The molecule has 3 N–H and O–H groups in total. The Hall–Kier alpha value is -1.55. The number of aliphatic hydroxyl groups excluding tert-OH is 1. The van der Waals surface area contributed by atoms with Crippen LogP contribution >= 0.6 is 0 Å². The molecule has 1 aromatic rings. The predicted octanol–water partition coefficient (Wildman–Crippen LogP) is 1.54. The summed E-state index contributed by atoms with van der Waals surface area (Å²) in [4.78, 5) is 11.0. The van der Waals surface area contributed by atoms with Gasteiger partial charge in [0.15, 0.2) is 0 Å². The number of para-hydroxylation sites is 1. The first-order valence-electron chi connectivity index (χ1n) is 5.02. The van der Waals surface area contributed by atoms with Crippen molar-refractivity contribution >= 4 is 5.97 Å².